The fourth-order valence-electron chi connectivity index (χ4n) is 3.16. The van der Waals surface area contributed by atoms with Gasteiger partial charge >= 0.3 is 0 Å². The highest BCUT2D eigenvalue weighted by Gasteiger charge is 2.14. The van der Waals surface area contributed by atoms with Gasteiger partial charge in [-0.2, -0.15) is 0 Å². The van der Waals surface area contributed by atoms with Crippen LogP contribution in [-0.2, 0) is 31.2 Å². The molecule has 0 fully saturated rings. The van der Waals surface area contributed by atoms with E-state index in [1.54, 1.807) is 30.5 Å². The number of amidine groups is 2. The van der Waals surface area contributed by atoms with Crippen LogP contribution in [0.25, 0.3) is 0 Å². The maximum Gasteiger partial charge on any atom is 0.146 e. The van der Waals surface area contributed by atoms with E-state index in [9.17, 15) is 5.11 Å². The Morgan fingerprint density at radius 1 is 0.875 bits per heavy atom. The standard InChI is InChI=1S/C24H27N5O3/c1-15-22(32-13-17-4-8-19(9-5-17)24(27)28)21(11-30)20(10-29-15)14-31-12-16-2-6-18(7-3-16)23(25)26/h2-10,30H,11-14H2,1H3,(H3,25,26)(H3,27,28). The maximum atomic E-state index is 9.98. The van der Waals surface area contributed by atoms with E-state index < -0.39 is 0 Å². The Morgan fingerprint density at radius 2 is 1.41 bits per heavy atom. The lowest BCUT2D eigenvalue weighted by atomic mass is 10.1. The third kappa shape index (κ3) is 5.69. The Morgan fingerprint density at radius 3 is 1.91 bits per heavy atom. The summed E-state index contributed by atoms with van der Waals surface area (Å²) >= 11 is 0. The number of nitrogens with two attached hydrogens (primary N) is 2. The molecule has 3 aromatic rings. The molecule has 0 spiro atoms. The van der Waals surface area contributed by atoms with E-state index in [1.165, 1.54) is 0 Å². The van der Waals surface area contributed by atoms with E-state index in [0.717, 1.165) is 16.7 Å². The first-order chi connectivity index (χ1) is 15.4. The third-order valence-electron chi connectivity index (χ3n) is 5.00. The number of aromatic nitrogens is 1. The Labute approximate surface area is 186 Å². The van der Waals surface area contributed by atoms with Crippen LogP contribution >= 0.6 is 0 Å². The molecule has 0 bridgehead atoms. The molecule has 0 aliphatic heterocycles. The molecule has 166 valence electrons. The van der Waals surface area contributed by atoms with Gasteiger partial charge in [0.05, 0.1) is 25.5 Å². The molecule has 7 N–H and O–H groups in total. The molecule has 8 heteroatoms. The summed E-state index contributed by atoms with van der Waals surface area (Å²) in [6.07, 6.45) is 1.69. The molecule has 0 aliphatic rings. The molecule has 0 unspecified atom stereocenters. The highest BCUT2D eigenvalue weighted by Crippen LogP contribution is 2.27. The SMILES string of the molecule is Cc1ncc(COCc2ccc(C(=N)N)cc2)c(CO)c1OCc1ccc(C(=N)N)cc1. The van der Waals surface area contributed by atoms with Crippen molar-refractivity contribution >= 4 is 11.7 Å². The number of nitrogen functional groups attached to an aromatic ring is 2. The maximum absolute atomic E-state index is 9.98. The molecule has 0 saturated heterocycles. The molecule has 0 amide bonds. The lowest BCUT2D eigenvalue weighted by Crippen LogP contribution is -2.11. The zero-order valence-corrected chi connectivity index (χ0v) is 17.9. The largest absolute Gasteiger partial charge is 0.487 e. The van der Waals surface area contributed by atoms with Gasteiger partial charge in [-0.15, -0.1) is 0 Å². The van der Waals surface area contributed by atoms with E-state index in [-0.39, 0.29) is 24.9 Å². The van der Waals surface area contributed by atoms with Gasteiger partial charge < -0.3 is 26.0 Å². The van der Waals surface area contributed by atoms with E-state index in [4.69, 9.17) is 31.8 Å². The number of aryl methyl sites for hydroxylation is 1. The second kappa shape index (κ2) is 10.5. The number of benzene rings is 2. The van der Waals surface area contributed by atoms with Gasteiger partial charge in [-0.25, -0.2) is 0 Å². The summed E-state index contributed by atoms with van der Waals surface area (Å²) in [7, 11) is 0. The van der Waals surface area contributed by atoms with Crippen LogP contribution in [0.15, 0.2) is 54.7 Å². The molecule has 8 nitrogen and oxygen atoms in total. The van der Waals surface area contributed by atoms with E-state index >= 15 is 0 Å². The van der Waals surface area contributed by atoms with Gasteiger partial charge in [-0.05, 0) is 18.1 Å². The van der Waals surface area contributed by atoms with Crippen LogP contribution in [0.2, 0.25) is 0 Å². The number of hydrogen-bond donors (Lipinski definition) is 5. The highest BCUT2D eigenvalue weighted by atomic mass is 16.5. The quantitative estimate of drug-likeness (QED) is 0.245. The van der Waals surface area contributed by atoms with Crippen molar-refractivity contribution in [2.24, 2.45) is 11.5 Å². The summed E-state index contributed by atoms with van der Waals surface area (Å²) in [4.78, 5) is 4.40. The first-order valence-corrected chi connectivity index (χ1v) is 10.0. The van der Waals surface area contributed by atoms with Crippen molar-refractivity contribution in [2.45, 2.75) is 33.4 Å². The van der Waals surface area contributed by atoms with Crippen LogP contribution in [0.3, 0.4) is 0 Å². The molecule has 1 aromatic heterocycles. The van der Waals surface area contributed by atoms with Crippen LogP contribution < -0.4 is 16.2 Å². The number of nitrogens with one attached hydrogen (secondary N) is 2. The van der Waals surface area contributed by atoms with Crippen molar-refractivity contribution in [2.75, 3.05) is 0 Å². The number of pyridine rings is 1. The van der Waals surface area contributed by atoms with Crippen molar-refractivity contribution in [3.8, 4) is 5.75 Å². The average Bonchev–Trinajstić information content (AvgIpc) is 2.79. The zero-order valence-electron chi connectivity index (χ0n) is 17.9. The highest BCUT2D eigenvalue weighted by molar-refractivity contribution is 5.95. The van der Waals surface area contributed by atoms with Gasteiger partial charge in [0.2, 0.25) is 0 Å². The van der Waals surface area contributed by atoms with Gasteiger partial charge in [0.15, 0.2) is 0 Å². The lowest BCUT2D eigenvalue weighted by Gasteiger charge is -2.16. The number of aliphatic hydroxyl groups is 1. The summed E-state index contributed by atoms with van der Waals surface area (Å²) in [5.41, 5.74) is 16.2. The molecule has 0 aliphatic carbocycles. The van der Waals surface area contributed by atoms with E-state index in [1.807, 2.05) is 31.2 Å². The minimum absolute atomic E-state index is 0.0163. The first-order valence-electron chi connectivity index (χ1n) is 10.0. The summed E-state index contributed by atoms with van der Waals surface area (Å²) in [6, 6.07) is 14.5. The normalized spacial score (nSPS) is 10.7. The van der Waals surface area contributed by atoms with Crippen LogP contribution in [0.5, 0.6) is 5.75 Å². The molecular weight excluding hydrogens is 406 g/mol. The minimum atomic E-state index is -0.200. The lowest BCUT2D eigenvalue weighted by molar-refractivity contribution is 0.105. The van der Waals surface area contributed by atoms with Crippen molar-refractivity contribution in [1.29, 1.82) is 10.8 Å². The smallest absolute Gasteiger partial charge is 0.146 e. The number of nitrogens with zero attached hydrogens (tertiary/aromatic N) is 1. The molecule has 1 heterocycles. The van der Waals surface area contributed by atoms with E-state index in [2.05, 4.69) is 4.98 Å². The molecule has 0 radical (unpaired) electrons. The predicted octanol–water partition coefficient (Wildman–Crippen LogP) is 2.75. The minimum Gasteiger partial charge on any atom is -0.487 e. The molecule has 2 aromatic carbocycles. The second-order valence-corrected chi connectivity index (χ2v) is 7.34. The predicted molar refractivity (Wildman–Crippen MR) is 123 cm³/mol. The Balaban J connectivity index is 1.66. The number of hydrogen-bond acceptors (Lipinski definition) is 6. The average molecular weight is 434 g/mol. The monoisotopic (exact) mass is 433 g/mol. The molecule has 0 saturated carbocycles. The Kier molecular flexibility index (Phi) is 7.54. The second-order valence-electron chi connectivity index (χ2n) is 7.34. The van der Waals surface area contributed by atoms with Gasteiger partial charge in [-0.3, -0.25) is 15.8 Å². The van der Waals surface area contributed by atoms with Crippen molar-refractivity contribution < 1.29 is 14.6 Å². The molecule has 0 atom stereocenters. The topological polar surface area (TPSA) is 151 Å². The van der Waals surface area contributed by atoms with Crippen LogP contribution in [0.1, 0.15) is 39.1 Å². The van der Waals surface area contributed by atoms with Gasteiger partial charge in [0, 0.05) is 28.5 Å². The summed E-state index contributed by atoms with van der Waals surface area (Å²) < 4.78 is 11.8. The number of aliphatic hydroxyl groups excluding tert-OH is 1. The summed E-state index contributed by atoms with van der Waals surface area (Å²) in [5.74, 6) is 0.579. The Hall–Kier alpha value is -3.75. The van der Waals surface area contributed by atoms with Crippen LogP contribution in [-0.4, -0.2) is 21.8 Å². The fourth-order valence-corrected chi connectivity index (χ4v) is 3.16. The first kappa shape index (κ1) is 22.9. The van der Waals surface area contributed by atoms with Crippen LogP contribution in [0.4, 0.5) is 0 Å². The molecule has 32 heavy (non-hydrogen) atoms. The van der Waals surface area contributed by atoms with Crippen molar-refractivity contribution in [3.63, 3.8) is 0 Å². The number of rotatable bonds is 10. The molecular formula is C24H27N5O3. The van der Waals surface area contributed by atoms with Gasteiger partial charge in [0.25, 0.3) is 0 Å². The number of ether oxygens (including phenoxy) is 2. The van der Waals surface area contributed by atoms with Crippen molar-refractivity contribution in [1.82, 2.24) is 4.98 Å². The van der Waals surface area contributed by atoms with Gasteiger partial charge in [0.1, 0.15) is 24.0 Å². The van der Waals surface area contributed by atoms with Crippen LogP contribution in [0, 0.1) is 17.7 Å². The zero-order chi connectivity index (χ0) is 23.1. The Bertz CT molecular complexity index is 1100. The fraction of sp³-hybridized carbons (Fsp3) is 0.208. The summed E-state index contributed by atoms with van der Waals surface area (Å²) in [5, 5.41) is 24.9. The van der Waals surface area contributed by atoms with Crippen molar-refractivity contribution in [3.05, 3.63) is 93.8 Å². The molecule has 3 rings (SSSR count). The third-order valence-corrected chi connectivity index (χ3v) is 5.00. The van der Waals surface area contributed by atoms with Gasteiger partial charge in [-0.1, -0.05) is 48.5 Å². The van der Waals surface area contributed by atoms with E-state index in [0.29, 0.717) is 41.3 Å². The summed E-state index contributed by atoms with van der Waals surface area (Å²) in [6.45, 7) is 2.56.